The van der Waals surface area contributed by atoms with Crippen LogP contribution >= 0.6 is 0 Å². The van der Waals surface area contributed by atoms with Crippen molar-refractivity contribution in [3.8, 4) is 0 Å². The van der Waals surface area contributed by atoms with E-state index in [0.29, 0.717) is 32.0 Å². The van der Waals surface area contributed by atoms with Gasteiger partial charge in [0.05, 0.1) is 11.0 Å². The molecule has 1 aliphatic carbocycles. The van der Waals surface area contributed by atoms with Crippen molar-refractivity contribution >= 4 is 28.9 Å². The molecule has 0 spiro atoms. The summed E-state index contributed by atoms with van der Waals surface area (Å²) in [4.78, 5) is 52.6. The number of piperidine rings is 1. The van der Waals surface area contributed by atoms with E-state index in [-0.39, 0.29) is 42.1 Å². The van der Waals surface area contributed by atoms with Gasteiger partial charge in [-0.15, -0.1) is 0 Å². The van der Waals surface area contributed by atoms with Crippen LogP contribution in [0.5, 0.6) is 0 Å². The molecule has 2 aromatic carbocycles. The van der Waals surface area contributed by atoms with Crippen molar-refractivity contribution in [3.05, 3.63) is 70.5 Å². The molecular weight excluding hydrogens is 630 g/mol. The molecule has 2 unspecified atom stereocenters. The molecule has 3 saturated heterocycles. The van der Waals surface area contributed by atoms with E-state index in [1.165, 1.54) is 6.42 Å². The maximum Gasteiger partial charge on any atom is 0.410 e. The zero-order valence-corrected chi connectivity index (χ0v) is 30.0. The first-order chi connectivity index (χ1) is 24.1. The van der Waals surface area contributed by atoms with Crippen LogP contribution in [0, 0.1) is 11.8 Å². The summed E-state index contributed by atoms with van der Waals surface area (Å²) < 4.78 is 13.7. The summed E-state index contributed by atoms with van der Waals surface area (Å²) in [6, 6.07) is 17.9. The van der Waals surface area contributed by atoms with Crippen LogP contribution in [0.3, 0.4) is 0 Å². The van der Waals surface area contributed by atoms with E-state index in [0.717, 1.165) is 81.1 Å². The van der Waals surface area contributed by atoms with Crippen LogP contribution in [-0.2, 0) is 20.9 Å². The number of fused-ring (bicyclic) bond motifs is 2. The number of carbonyl (C=O) groups excluding carboxylic acids is 2. The fourth-order valence-corrected chi connectivity index (χ4v) is 8.90. The van der Waals surface area contributed by atoms with Crippen LogP contribution in [0.25, 0.3) is 11.0 Å². The van der Waals surface area contributed by atoms with Gasteiger partial charge < -0.3 is 23.8 Å². The average molecular weight is 684 g/mol. The standard InChI is InChI=1S/C40H53N5O5/c1-39(2,3)50-38(48)43-26-30-24-42(25-31(30)27-43)35-36(46)45(34-17-11-10-16-33(34)41-35)32-18-22-44(23-19-32)40(20-12-5-4-6-13-21-40)37(47)49-28-29-14-8-7-9-15-29/h7-11,14-17,30-32H,4-6,12-13,18-28H2,1-3H3. The minimum absolute atomic E-state index is 0.00103. The molecule has 10 nitrogen and oxygen atoms in total. The normalized spacial score (nSPS) is 23.3. The van der Waals surface area contributed by atoms with Crippen LogP contribution in [0.2, 0.25) is 0 Å². The molecular formula is C40H53N5O5. The first-order valence-electron chi connectivity index (χ1n) is 18.8. The topological polar surface area (TPSA) is 97.2 Å². The van der Waals surface area contributed by atoms with Gasteiger partial charge in [-0.3, -0.25) is 14.5 Å². The predicted molar refractivity (Wildman–Crippen MR) is 194 cm³/mol. The fourth-order valence-electron chi connectivity index (χ4n) is 8.90. The molecule has 1 saturated carbocycles. The molecule has 1 aromatic heterocycles. The molecule has 4 aliphatic rings. The number of rotatable bonds is 6. The second-order valence-electron chi connectivity index (χ2n) is 16.0. The van der Waals surface area contributed by atoms with Gasteiger partial charge in [0.2, 0.25) is 0 Å². The number of esters is 1. The van der Waals surface area contributed by atoms with Gasteiger partial charge in [0.1, 0.15) is 17.7 Å². The molecule has 2 atom stereocenters. The molecule has 268 valence electrons. The summed E-state index contributed by atoms with van der Waals surface area (Å²) in [5.41, 5.74) is 1.47. The van der Waals surface area contributed by atoms with E-state index in [4.69, 9.17) is 14.5 Å². The highest BCUT2D eigenvalue weighted by atomic mass is 16.6. The van der Waals surface area contributed by atoms with E-state index in [9.17, 15) is 14.4 Å². The minimum atomic E-state index is -0.628. The third-order valence-corrected chi connectivity index (χ3v) is 11.4. The summed E-state index contributed by atoms with van der Waals surface area (Å²) in [6.07, 6.45) is 8.46. The van der Waals surface area contributed by atoms with Gasteiger partial charge >= 0.3 is 12.1 Å². The van der Waals surface area contributed by atoms with E-state index >= 15 is 0 Å². The summed E-state index contributed by atoms with van der Waals surface area (Å²) in [7, 11) is 0. The largest absolute Gasteiger partial charge is 0.459 e. The minimum Gasteiger partial charge on any atom is -0.459 e. The zero-order chi connectivity index (χ0) is 34.9. The lowest BCUT2D eigenvalue weighted by Crippen LogP contribution is -2.58. The van der Waals surface area contributed by atoms with E-state index in [1.807, 2.05) is 84.8 Å². The highest BCUT2D eigenvalue weighted by Gasteiger charge is 2.47. The van der Waals surface area contributed by atoms with Crippen molar-refractivity contribution in [1.82, 2.24) is 19.4 Å². The lowest BCUT2D eigenvalue weighted by Gasteiger charge is -2.46. The van der Waals surface area contributed by atoms with Crippen molar-refractivity contribution in [2.24, 2.45) is 11.8 Å². The van der Waals surface area contributed by atoms with Crippen molar-refractivity contribution in [2.45, 2.75) is 102 Å². The number of hydrogen-bond acceptors (Lipinski definition) is 8. The quantitative estimate of drug-likeness (QED) is 0.270. The number of aromatic nitrogens is 2. The Kier molecular flexibility index (Phi) is 9.92. The molecule has 10 heteroatoms. The maximum absolute atomic E-state index is 14.5. The van der Waals surface area contributed by atoms with Gasteiger partial charge in [-0.2, -0.15) is 0 Å². The van der Waals surface area contributed by atoms with E-state index in [2.05, 4.69) is 9.80 Å². The summed E-state index contributed by atoms with van der Waals surface area (Å²) >= 11 is 0. The van der Waals surface area contributed by atoms with Crippen molar-refractivity contribution < 1.29 is 19.1 Å². The number of likely N-dealkylation sites (tertiary alicyclic amines) is 2. The van der Waals surface area contributed by atoms with Crippen molar-refractivity contribution in [1.29, 1.82) is 0 Å². The van der Waals surface area contributed by atoms with Crippen LogP contribution in [0.1, 0.15) is 90.2 Å². The second-order valence-corrected chi connectivity index (χ2v) is 16.0. The molecule has 4 fully saturated rings. The first-order valence-corrected chi connectivity index (χ1v) is 18.8. The summed E-state index contributed by atoms with van der Waals surface area (Å²) in [5.74, 6) is 0.952. The molecule has 7 rings (SSSR count). The Morgan fingerprint density at radius 1 is 0.840 bits per heavy atom. The van der Waals surface area contributed by atoms with E-state index < -0.39 is 11.1 Å². The molecule has 3 aliphatic heterocycles. The number of benzene rings is 2. The first kappa shape index (κ1) is 34.5. The Morgan fingerprint density at radius 2 is 1.46 bits per heavy atom. The van der Waals surface area contributed by atoms with E-state index in [1.54, 1.807) is 0 Å². The highest BCUT2D eigenvalue weighted by molar-refractivity contribution is 5.81. The lowest BCUT2D eigenvalue weighted by molar-refractivity contribution is -0.163. The SMILES string of the molecule is CC(C)(C)OC(=O)N1CC2CN(c3nc4ccccc4n(C4CCN(C5(C(=O)OCc6ccccc6)CCCCCCC5)CC4)c3=O)CC2C1. The maximum atomic E-state index is 14.5. The number of carbonyl (C=O) groups is 2. The fraction of sp³-hybridized carbons (Fsp3) is 0.600. The Bertz CT molecular complexity index is 1710. The van der Waals surface area contributed by atoms with Gasteiger partial charge in [-0.25, -0.2) is 9.78 Å². The van der Waals surface area contributed by atoms with Gasteiger partial charge in [0.15, 0.2) is 5.82 Å². The van der Waals surface area contributed by atoms with Crippen LogP contribution in [0.15, 0.2) is 59.4 Å². The third kappa shape index (κ3) is 7.13. The number of hydrogen-bond donors (Lipinski definition) is 0. The number of amides is 1. The van der Waals surface area contributed by atoms with Crippen molar-refractivity contribution in [3.63, 3.8) is 0 Å². The number of anilines is 1. The monoisotopic (exact) mass is 683 g/mol. The Morgan fingerprint density at radius 3 is 2.12 bits per heavy atom. The van der Waals surface area contributed by atoms with Crippen LogP contribution in [0.4, 0.5) is 10.6 Å². The third-order valence-electron chi connectivity index (χ3n) is 11.4. The molecule has 0 bridgehead atoms. The second kappa shape index (κ2) is 14.4. The summed E-state index contributed by atoms with van der Waals surface area (Å²) in [6.45, 7) is 10.1. The average Bonchev–Trinajstić information content (AvgIpc) is 3.67. The molecule has 3 aromatic rings. The molecule has 0 N–H and O–H groups in total. The van der Waals surface area contributed by atoms with Gasteiger partial charge in [0, 0.05) is 57.1 Å². The Balaban J connectivity index is 1.09. The smallest absolute Gasteiger partial charge is 0.410 e. The van der Waals surface area contributed by atoms with Crippen LogP contribution in [-0.4, -0.2) is 81.8 Å². The molecule has 0 radical (unpaired) electrons. The lowest BCUT2D eigenvalue weighted by atomic mass is 9.81. The number of nitrogens with zero attached hydrogens (tertiary/aromatic N) is 5. The predicted octanol–water partition coefficient (Wildman–Crippen LogP) is 6.56. The molecule has 50 heavy (non-hydrogen) atoms. The number of para-hydroxylation sites is 2. The Labute approximate surface area is 295 Å². The molecule has 1 amide bonds. The summed E-state index contributed by atoms with van der Waals surface area (Å²) in [5, 5.41) is 0. The Hall–Kier alpha value is -3.92. The van der Waals surface area contributed by atoms with Crippen molar-refractivity contribution in [2.75, 3.05) is 44.2 Å². The van der Waals surface area contributed by atoms with Gasteiger partial charge in [-0.1, -0.05) is 74.6 Å². The molecule has 4 heterocycles. The number of ether oxygens (including phenoxy) is 2. The van der Waals surface area contributed by atoms with Gasteiger partial charge in [-0.05, 0) is 64.2 Å². The zero-order valence-electron chi connectivity index (χ0n) is 30.0. The van der Waals surface area contributed by atoms with Crippen LogP contribution < -0.4 is 10.5 Å². The highest BCUT2D eigenvalue weighted by Crippen LogP contribution is 2.38. The van der Waals surface area contributed by atoms with Gasteiger partial charge in [0.25, 0.3) is 5.56 Å².